The Bertz CT molecular complexity index is 995. The van der Waals surface area contributed by atoms with E-state index in [1.54, 1.807) is 12.1 Å². The van der Waals surface area contributed by atoms with Crippen molar-refractivity contribution in [2.75, 3.05) is 25.0 Å². The molecular formula is C26H39N5O7. The van der Waals surface area contributed by atoms with Gasteiger partial charge < -0.3 is 30.6 Å². The largest absolute Gasteiger partial charge is 0.489 e. The second kappa shape index (κ2) is 15.1. The molecular weight excluding hydrogens is 494 g/mol. The first kappa shape index (κ1) is 30.8. The number of hydrogen-bond acceptors (Lipinski definition) is 9. The summed E-state index contributed by atoms with van der Waals surface area (Å²) in [5.74, 6) is -0.226. The van der Waals surface area contributed by atoms with E-state index in [0.29, 0.717) is 30.7 Å². The molecule has 0 aliphatic heterocycles. The van der Waals surface area contributed by atoms with Crippen LogP contribution in [0.4, 0.5) is 5.69 Å². The van der Waals surface area contributed by atoms with E-state index in [4.69, 9.17) is 9.57 Å². The monoisotopic (exact) mass is 533 g/mol. The van der Waals surface area contributed by atoms with Crippen molar-refractivity contribution in [1.29, 1.82) is 5.26 Å². The molecule has 1 fully saturated rings. The molecule has 38 heavy (non-hydrogen) atoms. The number of nitrogens with one attached hydrogen (secondary N) is 3. The Hall–Kier alpha value is -3.43. The van der Waals surface area contributed by atoms with E-state index in [1.807, 2.05) is 26.8 Å². The Balaban J connectivity index is 1.77. The van der Waals surface area contributed by atoms with E-state index >= 15 is 0 Å². The summed E-state index contributed by atoms with van der Waals surface area (Å²) >= 11 is 0. The lowest BCUT2D eigenvalue weighted by atomic mass is 9.84. The Labute approximate surface area is 223 Å². The first-order valence-electron chi connectivity index (χ1n) is 13.0. The number of aliphatic hydroxyl groups excluding tert-OH is 1. The maximum absolute atomic E-state index is 12.5. The highest BCUT2D eigenvalue weighted by Crippen LogP contribution is 2.29. The number of nitrogens with zero attached hydrogens (tertiary/aromatic N) is 2. The van der Waals surface area contributed by atoms with Crippen LogP contribution in [-0.2, 0) is 14.4 Å². The third-order valence-electron chi connectivity index (χ3n) is 6.34. The highest BCUT2D eigenvalue weighted by Gasteiger charge is 2.30. The van der Waals surface area contributed by atoms with Crippen LogP contribution in [0.1, 0.15) is 71.3 Å². The maximum atomic E-state index is 12.5. The van der Waals surface area contributed by atoms with Gasteiger partial charge in [0.25, 0.3) is 5.09 Å². The lowest BCUT2D eigenvalue weighted by Crippen LogP contribution is -2.52. The van der Waals surface area contributed by atoms with E-state index in [2.05, 4.69) is 16.0 Å². The van der Waals surface area contributed by atoms with Crippen LogP contribution in [0.15, 0.2) is 18.2 Å². The molecule has 1 aromatic carbocycles. The number of hydrogen-bond donors (Lipinski definition) is 4. The number of rotatable bonds is 15. The zero-order chi connectivity index (χ0) is 28.1. The summed E-state index contributed by atoms with van der Waals surface area (Å²) in [5, 5.41) is 38.5. The van der Waals surface area contributed by atoms with Gasteiger partial charge >= 0.3 is 0 Å². The minimum atomic E-state index is -0.886. The van der Waals surface area contributed by atoms with Crippen molar-refractivity contribution in [3.05, 3.63) is 33.9 Å². The zero-order valence-electron chi connectivity index (χ0n) is 22.3. The van der Waals surface area contributed by atoms with Gasteiger partial charge in [-0.15, -0.1) is 10.1 Å². The summed E-state index contributed by atoms with van der Waals surface area (Å²) in [5.41, 5.74) is 0.199. The molecule has 0 saturated heterocycles. The molecule has 2 amide bonds. The van der Waals surface area contributed by atoms with Crippen LogP contribution in [0.5, 0.6) is 5.75 Å². The third kappa shape index (κ3) is 10.9. The fourth-order valence-corrected chi connectivity index (χ4v) is 4.26. The Kier molecular flexibility index (Phi) is 12.2. The van der Waals surface area contributed by atoms with Gasteiger partial charge in [-0.2, -0.15) is 5.26 Å². The molecule has 3 atom stereocenters. The fourth-order valence-electron chi connectivity index (χ4n) is 4.26. The molecule has 12 heteroatoms. The first-order chi connectivity index (χ1) is 18.0. The Morgan fingerprint density at radius 1 is 1.29 bits per heavy atom. The highest BCUT2D eigenvalue weighted by atomic mass is 17.0. The van der Waals surface area contributed by atoms with Crippen LogP contribution in [0.2, 0.25) is 0 Å². The molecule has 0 spiro atoms. The van der Waals surface area contributed by atoms with Crippen LogP contribution in [0.25, 0.3) is 0 Å². The molecule has 12 nitrogen and oxygen atoms in total. The molecule has 0 bridgehead atoms. The number of amides is 2. The fraction of sp³-hybridized carbons (Fsp3) is 0.654. The van der Waals surface area contributed by atoms with Crippen LogP contribution < -0.4 is 20.7 Å². The van der Waals surface area contributed by atoms with Crippen LogP contribution in [0, 0.1) is 27.4 Å². The van der Waals surface area contributed by atoms with Crippen molar-refractivity contribution in [2.24, 2.45) is 5.92 Å². The van der Waals surface area contributed by atoms with Crippen LogP contribution in [0.3, 0.4) is 0 Å². The number of anilines is 1. The summed E-state index contributed by atoms with van der Waals surface area (Å²) in [4.78, 5) is 39.7. The van der Waals surface area contributed by atoms with Crippen molar-refractivity contribution in [3.8, 4) is 11.8 Å². The van der Waals surface area contributed by atoms with Gasteiger partial charge in [-0.1, -0.05) is 19.8 Å². The third-order valence-corrected chi connectivity index (χ3v) is 6.34. The summed E-state index contributed by atoms with van der Waals surface area (Å²) in [6, 6.07) is 6.78. The summed E-state index contributed by atoms with van der Waals surface area (Å²) in [7, 11) is 0. The highest BCUT2D eigenvalue weighted by molar-refractivity contribution is 5.91. The number of ether oxygens (including phenoxy) is 1. The zero-order valence-corrected chi connectivity index (χ0v) is 22.3. The molecule has 210 valence electrons. The molecule has 4 N–H and O–H groups in total. The summed E-state index contributed by atoms with van der Waals surface area (Å²) < 4.78 is 5.63. The van der Waals surface area contributed by atoms with Gasteiger partial charge in [-0.25, -0.2) is 0 Å². The minimum Gasteiger partial charge on any atom is -0.489 e. The van der Waals surface area contributed by atoms with Gasteiger partial charge in [0.1, 0.15) is 30.6 Å². The number of benzene rings is 1. The molecule has 0 aromatic heterocycles. The lowest BCUT2D eigenvalue weighted by molar-refractivity contribution is -0.771. The molecule has 1 aliphatic rings. The predicted molar refractivity (Wildman–Crippen MR) is 140 cm³/mol. The molecule has 0 radical (unpaired) electrons. The smallest absolute Gasteiger partial charge is 0.294 e. The van der Waals surface area contributed by atoms with E-state index in [-0.39, 0.29) is 49.4 Å². The van der Waals surface area contributed by atoms with Crippen molar-refractivity contribution >= 4 is 17.5 Å². The molecule has 1 aliphatic carbocycles. The van der Waals surface area contributed by atoms with Crippen molar-refractivity contribution in [3.63, 3.8) is 0 Å². The summed E-state index contributed by atoms with van der Waals surface area (Å²) in [6.45, 7) is 6.05. The van der Waals surface area contributed by atoms with Gasteiger partial charge in [0.15, 0.2) is 0 Å². The van der Waals surface area contributed by atoms with Gasteiger partial charge in [0.05, 0.1) is 5.56 Å². The molecule has 3 unspecified atom stereocenters. The standard InChI is InChI=1S/C26H39N5O7/c1-4-7-24(33)30-20-10-11-22(19(12-20)14-27)37-16-21(32)15-29-26(2,3)17-28-25(34)13-18-8-5-6-9-23(18)38-31(35)36/h10-12,18,21,23,29,32H,4-9,13,15-17H2,1-3H3,(H,28,34)(H,30,33). The van der Waals surface area contributed by atoms with E-state index in [0.717, 1.165) is 19.3 Å². The normalized spacial score (nSPS) is 18.1. The van der Waals surface area contributed by atoms with E-state index in [1.165, 1.54) is 6.07 Å². The molecule has 1 aromatic rings. The van der Waals surface area contributed by atoms with Crippen molar-refractivity contribution in [1.82, 2.24) is 10.6 Å². The lowest BCUT2D eigenvalue weighted by Gasteiger charge is -2.31. The van der Waals surface area contributed by atoms with Crippen molar-refractivity contribution < 1.29 is 29.4 Å². The van der Waals surface area contributed by atoms with Crippen LogP contribution >= 0.6 is 0 Å². The Morgan fingerprint density at radius 2 is 2.03 bits per heavy atom. The number of carbonyl (C=O) groups is 2. The average molecular weight is 534 g/mol. The van der Waals surface area contributed by atoms with Gasteiger partial charge in [0.2, 0.25) is 11.8 Å². The van der Waals surface area contributed by atoms with Crippen molar-refractivity contribution in [2.45, 2.75) is 83.5 Å². The van der Waals surface area contributed by atoms with E-state index < -0.39 is 22.8 Å². The number of β-amino-alcohol motifs (C(OH)–C–C–N with tert-alkyl or cyclic N) is 1. The van der Waals surface area contributed by atoms with Crippen LogP contribution in [-0.4, -0.2) is 59.5 Å². The topological polar surface area (TPSA) is 176 Å². The molecule has 1 saturated carbocycles. The van der Waals surface area contributed by atoms with Gasteiger partial charge in [-0.05, 0) is 57.2 Å². The first-order valence-corrected chi connectivity index (χ1v) is 13.0. The molecule has 2 rings (SSSR count). The minimum absolute atomic E-state index is 0.0643. The molecule has 0 heterocycles. The SMILES string of the molecule is CCCC(=O)Nc1ccc(OCC(O)CNC(C)(C)CNC(=O)CC2CCCCC2O[N+](=O)[O-])c(C#N)c1. The second-order valence-electron chi connectivity index (χ2n) is 10.2. The predicted octanol–water partition coefficient (Wildman–Crippen LogP) is 2.68. The maximum Gasteiger partial charge on any atom is 0.294 e. The average Bonchev–Trinajstić information content (AvgIpc) is 2.86. The number of nitriles is 1. The second-order valence-corrected chi connectivity index (χ2v) is 10.2. The summed E-state index contributed by atoms with van der Waals surface area (Å²) in [6.07, 6.45) is 2.87. The van der Waals surface area contributed by atoms with Gasteiger partial charge in [0, 0.05) is 37.2 Å². The number of aliphatic hydroxyl groups is 1. The van der Waals surface area contributed by atoms with E-state index in [9.17, 15) is 30.1 Å². The Morgan fingerprint density at radius 3 is 2.71 bits per heavy atom. The van der Waals surface area contributed by atoms with Gasteiger partial charge in [-0.3, -0.25) is 9.59 Å². The number of carbonyl (C=O) groups excluding carboxylic acids is 2. The quantitative estimate of drug-likeness (QED) is 0.195.